The van der Waals surface area contributed by atoms with Crippen molar-refractivity contribution in [3.8, 4) is 5.75 Å². The fourth-order valence-electron chi connectivity index (χ4n) is 1.65. The number of nitrogens with zero attached hydrogens (tertiary/aromatic N) is 3. The van der Waals surface area contributed by atoms with Gasteiger partial charge in [-0.25, -0.2) is 0 Å². The molecule has 0 heterocycles. The third kappa shape index (κ3) is 3.17. The van der Waals surface area contributed by atoms with Crippen molar-refractivity contribution in [3.63, 3.8) is 0 Å². The first kappa shape index (κ1) is 13.7. The van der Waals surface area contributed by atoms with Gasteiger partial charge in [0, 0.05) is 12.1 Å². The first-order valence-electron chi connectivity index (χ1n) is 6.08. The zero-order valence-corrected chi connectivity index (χ0v) is 10.9. The standard InChI is InChI=1S/C14H13N3O3/c1-2-10-6-7-14(18)13(8-10)16-15-11-4-3-5-12(9-11)17(19)20/h3-9,18H,2H2,1H3. The lowest BCUT2D eigenvalue weighted by Gasteiger charge is -2.01. The quantitative estimate of drug-likeness (QED) is 0.511. The molecule has 0 fully saturated rings. The molecule has 0 atom stereocenters. The molecule has 20 heavy (non-hydrogen) atoms. The molecule has 0 saturated carbocycles. The average Bonchev–Trinajstić information content (AvgIpc) is 2.46. The van der Waals surface area contributed by atoms with Gasteiger partial charge in [-0.1, -0.05) is 19.1 Å². The summed E-state index contributed by atoms with van der Waals surface area (Å²) in [6.45, 7) is 1.99. The van der Waals surface area contributed by atoms with E-state index in [1.54, 1.807) is 18.2 Å². The number of non-ortho nitro benzene ring substituents is 1. The van der Waals surface area contributed by atoms with Crippen molar-refractivity contribution < 1.29 is 10.0 Å². The van der Waals surface area contributed by atoms with Crippen LogP contribution in [-0.4, -0.2) is 10.0 Å². The van der Waals surface area contributed by atoms with E-state index in [2.05, 4.69) is 10.2 Å². The fourth-order valence-corrected chi connectivity index (χ4v) is 1.65. The molecule has 0 aliphatic rings. The van der Waals surface area contributed by atoms with Crippen LogP contribution in [0, 0.1) is 10.1 Å². The minimum absolute atomic E-state index is 0.0244. The lowest BCUT2D eigenvalue weighted by atomic mass is 10.1. The van der Waals surface area contributed by atoms with E-state index in [0.717, 1.165) is 12.0 Å². The molecular weight excluding hydrogens is 258 g/mol. The second-order valence-electron chi connectivity index (χ2n) is 4.15. The maximum Gasteiger partial charge on any atom is 0.271 e. The van der Waals surface area contributed by atoms with Crippen molar-refractivity contribution in [1.82, 2.24) is 0 Å². The number of rotatable bonds is 4. The maximum atomic E-state index is 10.7. The lowest BCUT2D eigenvalue weighted by Crippen LogP contribution is -1.85. The van der Waals surface area contributed by atoms with E-state index in [-0.39, 0.29) is 11.4 Å². The third-order valence-electron chi connectivity index (χ3n) is 2.76. The zero-order chi connectivity index (χ0) is 14.5. The van der Waals surface area contributed by atoms with Gasteiger partial charge in [0.05, 0.1) is 10.6 Å². The Kier molecular flexibility index (Phi) is 4.05. The summed E-state index contributed by atoms with van der Waals surface area (Å²) in [6.07, 6.45) is 0.819. The summed E-state index contributed by atoms with van der Waals surface area (Å²) in [5.41, 5.74) is 1.68. The van der Waals surface area contributed by atoms with Gasteiger partial charge >= 0.3 is 0 Å². The lowest BCUT2D eigenvalue weighted by molar-refractivity contribution is -0.384. The molecule has 2 rings (SSSR count). The van der Waals surface area contributed by atoms with Gasteiger partial charge in [-0.05, 0) is 30.2 Å². The van der Waals surface area contributed by atoms with E-state index >= 15 is 0 Å². The van der Waals surface area contributed by atoms with Crippen LogP contribution in [0.4, 0.5) is 17.1 Å². The van der Waals surface area contributed by atoms with Crippen LogP contribution >= 0.6 is 0 Å². The molecule has 0 aliphatic carbocycles. The molecular formula is C14H13N3O3. The largest absolute Gasteiger partial charge is 0.506 e. The van der Waals surface area contributed by atoms with Gasteiger partial charge in [0.25, 0.3) is 5.69 Å². The maximum absolute atomic E-state index is 10.7. The van der Waals surface area contributed by atoms with E-state index in [4.69, 9.17) is 0 Å². The molecule has 1 N–H and O–H groups in total. The zero-order valence-electron chi connectivity index (χ0n) is 10.9. The Labute approximate surface area is 115 Å². The number of nitro benzene ring substituents is 1. The first-order valence-corrected chi connectivity index (χ1v) is 6.08. The summed E-state index contributed by atoms with van der Waals surface area (Å²) in [6, 6.07) is 10.9. The van der Waals surface area contributed by atoms with Crippen LogP contribution in [0.1, 0.15) is 12.5 Å². The Morgan fingerprint density at radius 3 is 2.70 bits per heavy atom. The molecule has 0 unspecified atom stereocenters. The molecule has 2 aromatic carbocycles. The van der Waals surface area contributed by atoms with Crippen molar-refractivity contribution in [2.75, 3.05) is 0 Å². The Morgan fingerprint density at radius 2 is 2.00 bits per heavy atom. The van der Waals surface area contributed by atoms with E-state index in [1.807, 2.05) is 13.0 Å². The van der Waals surface area contributed by atoms with E-state index in [9.17, 15) is 15.2 Å². The van der Waals surface area contributed by atoms with E-state index in [0.29, 0.717) is 11.4 Å². The number of hydrogen-bond acceptors (Lipinski definition) is 5. The second kappa shape index (κ2) is 5.92. The smallest absolute Gasteiger partial charge is 0.271 e. The van der Waals surface area contributed by atoms with Crippen molar-refractivity contribution in [2.24, 2.45) is 10.2 Å². The third-order valence-corrected chi connectivity index (χ3v) is 2.76. The molecule has 0 aromatic heterocycles. The second-order valence-corrected chi connectivity index (χ2v) is 4.15. The van der Waals surface area contributed by atoms with Crippen LogP contribution in [0.15, 0.2) is 52.7 Å². The number of azo groups is 1. The molecule has 0 bridgehead atoms. The highest BCUT2D eigenvalue weighted by atomic mass is 16.6. The first-order chi connectivity index (χ1) is 9.60. The molecule has 6 heteroatoms. The number of nitro groups is 1. The average molecular weight is 271 g/mol. The van der Waals surface area contributed by atoms with Crippen molar-refractivity contribution in [2.45, 2.75) is 13.3 Å². The van der Waals surface area contributed by atoms with Crippen LogP contribution in [0.3, 0.4) is 0 Å². The van der Waals surface area contributed by atoms with E-state index in [1.165, 1.54) is 18.2 Å². The number of hydrogen-bond donors (Lipinski definition) is 1. The minimum Gasteiger partial charge on any atom is -0.506 e. The van der Waals surface area contributed by atoms with Gasteiger partial charge in [-0.15, -0.1) is 5.11 Å². The van der Waals surface area contributed by atoms with E-state index < -0.39 is 4.92 Å². The van der Waals surface area contributed by atoms with Crippen LogP contribution in [-0.2, 0) is 6.42 Å². The Bertz CT molecular complexity index is 668. The van der Waals surface area contributed by atoms with Gasteiger partial charge in [0.15, 0.2) is 0 Å². The molecule has 102 valence electrons. The highest BCUT2D eigenvalue weighted by Crippen LogP contribution is 2.30. The molecule has 2 aromatic rings. The van der Waals surface area contributed by atoms with Crippen LogP contribution < -0.4 is 0 Å². The van der Waals surface area contributed by atoms with Gasteiger partial charge in [0.1, 0.15) is 11.4 Å². The Balaban J connectivity index is 2.29. The van der Waals surface area contributed by atoms with Crippen molar-refractivity contribution in [3.05, 3.63) is 58.1 Å². The predicted molar refractivity (Wildman–Crippen MR) is 74.8 cm³/mol. The highest BCUT2D eigenvalue weighted by Gasteiger charge is 2.05. The number of phenols is 1. The predicted octanol–water partition coefficient (Wildman–Crippen LogP) is 4.28. The molecule has 0 amide bonds. The van der Waals surface area contributed by atoms with Crippen LogP contribution in [0.25, 0.3) is 0 Å². The summed E-state index contributed by atoms with van der Waals surface area (Å²) < 4.78 is 0. The van der Waals surface area contributed by atoms with Crippen LogP contribution in [0.2, 0.25) is 0 Å². The summed E-state index contributed by atoms with van der Waals surface area (Å²) in [4.78, 5) is 10.2. The number of phenolic OH excluding ortho intramolecular Hbond substituents is 1. The monoisotopic (exact) mass is 271 g/mol. The van der Waals surface area contributed by atoms with Gasteiger partial charge in [0.2, 0.25) is 0 Å². The summed E-state index contributed by atoms with van der Waals surface area (Å²) in [5, 5.41) is 28.2. The van der Waals surface area contributed by atoms with Gasteiger partial charge in [-0.3, -0.25) is 10.1 Å². The van der Waals surface area contributed by atoms with Crippen molar-refractivity contribution >= 4 is 17.1 Å². The molecule has 0 spiro atoms. The van der Waals surface area contributed by atoms with Crippen molar-refractivity contribution in [1.29, 1.82) is 0 Å². The minimum atomic E-state index is -0.492. The molecule has 0 saturated heterocycles. The number of aryl methyl sites for hydroxylation is 1. The molecule has 0 radical (unpaired) electrons. The highest BCUT2D eigenvalue weighted by molar-refractivity contribution is 5.53. The van der Waals surface area contributed by atoms with Gasteiger partial charge < -0.3 is 5.11 Å². The number of benzene rings is 2. The summed E-state index contributed by atoms with van der Waals surface area (Å²) in [7, 11) is 0. The van der Waals surface area contributed by atoms with Crippen LogP contribution in [0.5, 0.6) is 5.75 Å². The summed E-state index contributed by atoms with van der Waals surface area (Å²) in [5.74, 6) is 0.0244. The normalized spacial score (nSPS) is 10.8. The molecule has 0 aliphatic heterocycles. The topological polar surface area (TPSA) is 88.1 Å². The SMILES string of the molecule is CCc1ccc(O)c(N=Nc2cccc([N+](=O)[O-])c2)c1. The summed E-state index contributed by atoms with van der Waals surface area (Å²) >= 11 is 0. The number of aromatic hydroxyl groups is 1. The fraction of sp³-hybridized carbons (Fsp3) is 0.143. The Morgan fingerprint density at radius 1 is 1.20 bits per heavy atom. The Hall–Kier alpha value is -2.76. The molecule has 6 nitrogen and oxygen atoms in total. The van der Waals surface area contributed by atoms with Gasteiger partial charge in [-0.2, -0.15) is 5.11 Å².